The van der Waals surface area contributed by atoms with Gasteiger partial charge >= 0.3 is 5.97 Å². The Morgan fingerprint density at radius 1 is 0.951 bits per heavy atom. The zero-order valence-electron chi connectivity index (χ0n) is 21.3. The number of rotatable bonds is 7. The minimum atomic E-state index is -0.614. The molecule has 0 fully saturated rings. The second-order valence-electron chi connectivity index (χ2n) is 8.99. The van der Waals surface area contributed by atoms with Crippen LogP contribution in [0.15, 0.2) is 102 Å². The highest BCUT2D eigenvalue weighted by atomic mass is 35.5. The highest BCUT2D eigenvalue weighted by molar-refractivity contribution is 6.35. The molecule has 4 aromatic carbocycles. The Morgan fingerprint density at radius 2 is 1.71 bits per heavy atom. The van der Waals surface area contributed by atoms with Crippen LogP contribution in [0.2, 0.25) is 15.1 Å². The van der Waals surface area contributed by atoms with E-state index in [2.05, 4.69) is 6.07 Å². The number of allylic oxidation sites excluding steroid dienone is 1. The first kappa shape index (κ1) is 28.1. The molecule has 1 atom stereocenters. The van der Waals surface area contributed by atoms with Gasteiger partial charge in [0.2, 0.25) is 5.88 Å². The molecule has 0 amide bonds. The van der Waals surface area contributed by atoms with Crippen LogP contribution >= 0.6 is 34.8 Å². The Morgan fingerprint density at radius 3 is 2.44 bits per heavy atom. The van der Waals surface area contributed by atoms with Crippen molar-refractivity contribution in [2.45, 2.75) is 12.5 Å². The molecule has 1 unspecified atom stereocenters. The van der Waals surface area contributed by atoms with Crippen molar-refractivity contribution in [2.24, 2.45) is 5.73 Å². The molecule has 0 saturated heterocycles. The lowest BCUT2D eigenvalue weighted by molar-refractivity contribution is -0.128. The van der Waals surface area contributed by atoms with Crippen molar-refractivity contribution in [2.75, 3.05) is 0 Å². The molecule has 9 heteroatoms. The fourth-order valence-electron chi connectivity index (χ4n) is 4.32. The molecule has 4 aromatic rings. The topological polar surface area (TPSA) is 94.6 Å². The van der Waals surface area contributed by atoms with E-state index < -0.39 is 11.9 Å². The fraction of sp³-hybridized carbons (Fsp3) is 0.0625. The van der Waals surface area contributed by atoms with Gasteiger partial charge in [0.1, 0.15) is 35.5 Å². The molecule has 5 rings (SSSR count). The van der Waals surface area contributed by atoms with Gasteiger partial charge in [-0.2, -0.15) is 5.26 Å². The molecule has 1 heterocycles. The molecule has 1 aliphatic heterocycles. The number of halogens is 3. The van der Waals surface area contributed by atoms with Gasteiger partial charge in [0.05, 0.1) is 5.92 Å². The fourth-order valence-corrected chi connectivity index (χ4v) is 4.98. The van der Waals surface area contributed by atoms with Gasteiger partial charge in [-0.3, -0.25) is 0 Å². The van der Waals surface area contributed by atoms with Crippen molar-refractivity contribution in [3.05, 3.63) is 140 Å². The summed E-state index contributed by atoms with van der Waals surface area (Å²) in [4.78, 5) is 12.5. The van der Waals surface area contributed by atoms with Crippen LogP contribution in [-0.4, -0.2) is 5.97 Å². The van der Waals surface area contributed by atoms with Crippen LogP contribution in [-0.2, 0) is 11.4 Å². The smallest absolute Gasteiger partial charge is 0.336 e. The summed E-state index contributed by atoms with van der Waals surface area (Å²) >= 11 is 18.3. The normalized spacial score (nSPS) is 14.2. The molecule has 0 radical (unpaired) electrons. The number of fused-ring (bicyclic) bond motifs is 1. The second-order valence-corrected chi connectivity index (χ2v) is 10.2. The lowest BCUT2D eigenvalue weighted by Crippen LogP contribution is -2.21. The summed E-state index contributed by atoms with van der Waals surface area (Å²) in [5.41, 5.74) is 9.41. The summed E-state index contributed by atoms with van der Waals surface area (Å²) < 4.78 is 17.1. The monoisotopic (exact) mass is 602 g/mol. The zero-order valence-corrected chi connectivity index (χ0v) is 23.6. The first-order valence-corrected chi connectivity index (χ1v) is 13.5. The van der Waals surface area contributed by atoms with Gasteiger partial charge in [-0.15, -0.1) is 0 Å². The predicted molar refractivity (Wildman–Crippen MR) is 159 cm³/mol. The molecule has 6 nitrogen and oxygen atoms in total. The van der Waals surface area contributed by atoms with Crippen LogP contribution in [0.3, 0.4) is 0 Å². The van der Waals surface area contributed by atoms with Gasteiger partial charge in [0.15, 0.2) is 0 Å². The number of hydrogen-bond acceptors (Lipinski definition) is 6. The molecule has 0 bridgehead atoms. The number of carbonyl (C=O) groups is 1. The highest BCUT2D eigenvalue weighted by Gasteiger charge is 2.31. The molecule has 0 aromatic heterocycles. The van der Waals surface area contributed by atoms with Gasteiger partial charge in [-0.1, -0.05) is 77.3 Å². The van der Waals surface area contributed by atoms with Crippen molar-refractivity contribution < 1.29 is 19.0 Å². The number of nitrogens with zero attached hydrogens (tertiary/aromatic N) is 1. The zero-order chi connectivity index (χ0) is 28.9. The number of benzene rings is 4. The van der Waals surface area contributed by atoms with E-state index in [0.717, 1.165) is 11.1 Å². The Bertz CT molecular complexity index is 1730. The standard InChI is InChI=1S/C32H21Cl3N2O4/c33-22-9-5-19(28(35)15-22)8-14-30(38)40-24-12-13-25-29(16-24)41-32(37)26(17-36)31(25)20-6-10-23(11-7-20)39-18-21-3-1-2-4-27(21)34/h1-16,31H,18,37H2/b14-8+. The van der Waals surface area contributed by atoms with Crippen molar-refractivity contribution in [1.29, 1.82) is 5.26 Å². The Labute approximate surface area is 251 Å². The van der Waals surface area contributed by atoms with Gasteiger partial charge < -0.3 is 19.9 Å². The van der Waals surface area contributed by atoms with E-state index in [1.54, 1.807) is 36.4 Å². The van der Waals surface area contributed by atoms with Crippen LogP contribution in [0.4, 0.5) is 0 Å². The van der Waals surface area contributed by atoms with Gasteiger partial charge in [-0.05, 0) is 53.6 Å². The maximum Gasteiger partial charge on any atom is 0.336 e. The van der Waals surface area contributed by atoms with E-state index >= 15 is 0 Å². The number of carbonyl (C=O) groups excluding carboxylic acids is 1. The van der Waals surface area contributed by atoms with Gasteiger partial charge in [-0.25, -0.2) is 4.79 Å². The number of nitriles is 1. The molecule has 0 saturated carbocycles. The molecule has 0 aliphatic carbocycles. The predicted octanol–water partition coefficient (Wildman–Crippen LogP) is 8.06. The third kappa shape index (κ3) is 6.50. The molecule has 2 N–H and O–H groups in total. The summed E-state index contributed by atoms with van der Waals surface area (Å²) in [6.07, 6.45) is 2.79. The minimum Gasteiger partial charge on any atom is -0.489 e. The maximum absolute atomic E-state index is 12.5. The van der Waals surface area contributed by atoms with E-state index in [-0.39, 0.29) is 17.2 Å². The van der Waals surface area contributed by atoms with Crippen molar-refractivity contribution in [3.8, 4) is 23.3 Å². The van der Waals surface area contributed by atoms with Crippen LogP contribution < -0.4 is 19.9 Å². The van der Waals surface area contributed by atoms with Crippen LogP contribution in [0.1, 0.15) is 28.2 Å². The minimum absolute atomic E-state index is 0.0233. The SMILES string of the molecule is N#CC1=C(N)Oc2cc(OC(=O)/C=C/c3ccc(Cl)cc3Cl)ccc2C1c1ccc(OCc2ccccc2Cl)cc1. The molecular formula is C32H21Cl3N2O4. The molecule has 41 heavy (non-hydrogen) atoms. The summed E-state index contributed by atoms with van der Waals surface area (Å²) in [5.74, 6) is 0.142. The quantitative estimate of drug-likeness (QED) is 0.130. The van der Waals surface area contributed by atoms with E-state index in [1.165, 1.54) is 12.2 Å². The molecule has 1 aliphatic rings. The van der Waals surface area contributed by atoms with Gasteiger partial charge in [0.25, 0.3) is 0 Å². The third-order valence-electron chi connectivity index (χ3n) is 6.34. The largest absolute Gasteiger partial charge is 0.489 e. The number of hydrogen-bond donors (Lipinski definition) is 1. The van der Waals surface area contributed by atoms with Crippen molar-refractivity contribution >= 4 is 46.8 Å². The summed E-state index contributed by atoms with van der Waals surface area (Å²) in [6, 6.07) is 26.9. The highest BCUT2D eigenvalue weighted by Crippen LogP contribution is 2.43. The average molecular weight is 604 g/mol. The van der Waals surface area contributed by atoms with Crippen LogP contribution in [0.25, 0.3) is 6.08 Å². The van der Waals surface area contributed by atoms with Crippen molar-refractivity contribution in [1.82, 2.24) is 0 Å². The third-order valence-corrected chi connectivity index (χ3v) is 7.27. The molecular weight excluding hydrogens is 583 g/mol. The maximum atomic E-state index is 12.5. The van der Waals surface area contributed by atoms with Crippen LogP contribution in [0.5, 0.6) is 17.2 Å². The summed E-state index contributed by atoms with van der Waals surface area (Å²) in [6.45, 7) is 0.318. The van der Waals surface area contributed by atoms with E-state index in [9.17, 15) is 10.1 Å². The summed E-state index contributed by atoms with van der Waals surface area (Å²) in [5, 5.41) is 11.4. The second kappa shape index (κ2) is 12.4. The lowest BCUT2D eigenvalue weighted by atomic mass is 9.83. The Hall–Kier alpha value is -4.41. The van der Waals surface area contributed by atoms with E-state index in [1.807, 2.05) is 48.5 Å². The number of esters is 1. The molecule has 204 valence electrons. The van der Waals surface area contributed by atoms with Crippen LogP contribution in [0, 0.1) is 11.3 Å². The lowest BCUT2D eigenvalue weighted by Gasteiger charge is -2.26. The van der Waals surface area contributed by atoms with E-state index in [4.69, 9.17) is 54.7 Å². The van der Waals surface area contributed by atoms with E-state index in [0.29, 0.717) is 44.3 Å². The first-order valence-electron chi connectivity index (χ1n) is 12.3. The Balaban J connectivity index is 1.34. The summed E-state index contributed by atoms with van der Waals surface area (Å²) in [7, 11) is 0. The first-order chi connectivity index (χ1) is 19.8. The van der Waals surface area contributed by atoms with Gasteiger partial charge in [0, 0.05) is 38.3 Å². The number of ether oxygens (including phenoxy) is 3. The Kier molecular flexibility index (Phi) is 8.51. The molecule has 0 spiro atoms. The average Bonchev–Trinajstić information content (AvgIpc) is 2.96. The van der Waals surface area contributed by atoms with Crippen molar-refractivity contribution in [3.63, 3.8) is 0 Å². The number of nitrogens with two attached hydrogens (primary N) is 1.